The SMILES string of the molecule is CC(C)(C)c1cc[c-]c(-c2cc(C(C)(C)C)ccn2)c1.CC(C)(C)c1ccnc(-c2[c-]cc3ccc4ccccc4c3c2)c1.[Ir]. The van der Waals surface area contributed by atoms with Crippen molar-refractivity contribution in [1.29, 1.82) is 0 Å². The van der Waals surface area contributed by atoms with Crippen LogP contribution in [0.4, 0.5) is 0 Å². The van der Waals surface area contributed by atoms with Crippen molar-refractivity contribution in [3.63, 3.8) is 0 Å². The largest absolute Gasteiger partial charge is 0.305 e. The van der Waals surface area contributed by atoms with Crippen LogP contribution in [0.1, 0.15) is 79.0 Å². The van der Waals surface area contributed by atoms with Crippen LogP contribution in [-0.4, -0.2) is 9.97 Å². The fraction of sp³-hybridized carbons (Fsp3) is 0.286. The molecule has 6 aromatic rings. The molecule has 0 spiro atoms. The van der Waals surface area contributed by atoms with Crippen molar-refractivity contribution in [2.75, 3.05) is 0 Å². The van der Waals surface area contributed by atoms with Crippen molar-refractivity contribution >= 4 is 21.5 Å². The number of nitrogens with zero attached hydrogens (tertiary/aromatic N) is 2. The Bertz CT molecular complexity index is 1860. The van der Waals surface area contributed by atoms with Gasteiger partial charge in [-0.15, -0.1) is 59.2 Å². The standard InChI is InChI=1S/C23H20N.C19H24N.Ir/c1-23(2,3)19-12-13-24-22(15-19)18-11-10-17-9-8-16-6-4-5-7-20(16)21(17)14-18;1-18(2,3)15-9-7-8-14(12-15)17-13-16(10-11-20-17)19(4,5)6;/h4-10,12-15H,1-3H3;7,9-13H,1-6H3;/q2*-1;. The van der Waals surface area contributed by atoms with Crippen molar-refractivity contribution in [2.45, 2.75) is 78.6 Å². The molecule has 45 heavy (non-hydrogen) atoms. The zero-order valence-corrected chi connectivity index (χ0v) is 30.4. The number of benzene rings is 4. The Morgan fingerprint density at radius 1 is 0.489 bits per heavy atom. The summed E-state index contributed by atoms with van der Waals surface area (Å²) < 4.78 is 0. The molecule has 0 atom stereocenters. The molecule has 0 aliphatic heterocycles. The molecule has 0 unspecified atom stereocenters. The maximum atomic E-state index is 4.58. The number of hydrogen-bond acceptors (Lipinski definition) is 2. The quantitative estimate of drug-likeness (QED) is 0.130. The number of fused-ring (bicyclic) bond motifs is 3. The van der Waals surface area contributed by atoms with Gasteiger partial charge >= 0.3 is 0 Å². The molecule has 3 heteroatoms. The summed E-state index contributed by atoms with van der Waals surface area (Å²) in [6.07, 6.45) is 3.80. The topological polar surface area (TPSA) is 25.8 Å². The van der Waals surface area contributed by atoms with E-state index in [2.05, 4.69) is 169 Å². The summed E-state index contributed by atoms with van der Waals surface area (Å²) >= 11 is 0. The molecule has 2 aromatic heterocycles. The predicted molar refractivity (Wildman–Crippen MR) is 188 cm³/mol. The average Bonchev–Trinajstić information content (AvgIpc) is 3.00. The zero-order valence-electron chi connectivity index (χ0n) is 28.0. The van der Waals surface area contributed by atoms with Crippen molar-refractivity contribution in [2.24, 2.45) is 0 Å². The molecule has 6 rings (SSSR count). The van der Waals surface area contributed by atoms with Gasteiger partial charge in [0.2, 0.25) is 0 Å². The maximum absolute atomic E-state index is 4.58. The van der Waals surface area contributed by atoms with E-state index in [4.69, 9.17) is 0 Å². The molecule has 0 amide bonds. The van der Waals surface area contributed by atoms with E-state index in [0.717, 1.165) is 22.5 Å². The molecule has 233 valence electrons. The molecule has 2 nitrogen and oxygen atoms in total. The van der Waals surface area contributed by atoms with Crippen molar-refractivity contribution in [1.82, 2.24) is 9.97 Å². The summed E-state index contributed by atoms with van der Waals surface area (Å²) in [5.41, 5.74) is 8.41. The van der Waals surface area contributed by atoms with Gasteiger partial charge in [0, 0.05) is 32.5 Å². The first-order chi connectivity index (χ1) is 20.7. The van der Waals surface area contributed by atoms with Crippen LogP contribution >= 0.6 is 0 Å². The fourth-order valence-corrected chi connectivity index (χ4v) is 5.26. The first-order valence-corrected chi connectivity index (χ1v) is 15.5. The van der Waals surface area contributed by atoms with Gasteiger partial charge in [-0.25, -0.2) is 0 Å². The van der Waals surface area contributed by atoms with Crippen LogP contribution in [0.2, 0.25) is 0 Å². The third kappa shape index (κ3) is 8.15. The molecule has 0 saturated carbocycles. The molecule has 0 saturated heterocycles. The van der Waals surface area contributed by atoms with Crippen molar-refractivity contribution in [3.05, 3.63) is 132 Å². The van der Waals surface area contributed by atoms with Gasteiger partial charge in [0.1, 0.15) is 0 Å². The molecule has 0 aliphatic rings. The first kappa shape index (κ1) is 34.2. The number of pyridine rings is 2. The number of hydrogen-bond donors (Lipinski definition) is 0. The van der Waals surface area contributed by atoms with E-state index in [1.165, 1.54) is 38.2 Å². The molecule has 2 heterocycles. The third-order valence-electron chi connectivity index (χ3n) is 8.15. The summed E-state index contributed by atoms with van der Waals surface area (Å²) in [4.78, 5) is 9.09. The average molecular weight is 769 g/mol. The van der Waals surface area contributed by atoms with Crippen LogP contribution in [0, 0.1) is 12.1 Å². The van der Waals surface area contributed by atoms with Gasteiger partial charge in [-0.05, 0) is 61.7 Å². The van der Waals surface area contributed by atoms with Crippen LogP contribution in [0.5, 0.6) is 0 Å². The minimum Gasteiger partial charge on any atom is -0.305 e. The van der Waals surface area contributed by atoms with Crippen LogP contribution in [0.3, 0.4) is 0 Å². The Kier molecular flexibility index (Phi) is 10.2. The van der Waals surface area contributed by atoms with Gasteiger partial charge in [0.05, 0.1) is 0 Å². The third-order valence-corrected chi connectivity index (χ3v) is 8.15. The van der Waals surface area contributed by atoms with E-state index >= 15 is 0 Å². The molecule has 0 fully saturated rings. The summed E-state index contributed by atoms with van der Waals surface area (Å²) in [5.74, 6) is 0. The van der Waals surface area contributed by atoms with Crippen molar-refractivity contribution in [3.8, 4) is 22.5 Å². The van der Waals surface area contributed by atoms with E-state index in [-0.39, 0.29) is 36.4 Å². The molecule has 4 aromatic carbocycles. The molecule has 0 N–H and O–H groups in total. The predicted octanol–water partition coefficient (Wildman–Crippen LogP) is 11.3. The van der Waals surface area contributed by atoms with E-state index < -0.39 is 0 Å². The van der Waals surface area contributed by atoms with E-state index in [1.807, 2.05) is 18.5 Å². The van der Waals surface area contributed by atoms with Gasteiger partial charge in [0.25, 0.3) is 0 Å². The summed E-state index contributed by atoms with van der Waals surface area (Å²) in [6.45, 7) is 20.0. The molecule has 0 bridgehead atoms. The Labute approximate surface area is 283 Å². The Hall–Kier alpha value is -3.65. The monoisotopic (exact) mass is 769 g/mol. The summed E-state index contributed by atoms with van der Waals surface area (Å²) in [5, 5.41) is 5.00. The second-order valence-electron chi connectivity index (χ2n) is 14.7. The maximum Gasteiger partial charge on any atom is 0.0163 e. The van der Waals surface area contributed by atoms with Crippen LogP contribution in [0.15, 0.2) is 103 Å². The summed E-state index contributed by atoms with van der Waals surface area (Å²) in [7, 11) is 0. The molecular formula is C42H44IrN2-2. The second kappa shape index (κ2) is 13.4. The Balaban J connectivity index is 0.000000204. The molecular weight excluding hydrogens is 725 g/mol. The van der Waals surface area contributed by atoms with Gasteiger partial charge in [-0.1, -0.05) is 122 Å². The Morgan fingerprint density at radius 3 is 1.58 bits per heavy atom. The van der Waals surface area contributed by atoms with Gasteiger partial charge in [-0.2, -0.15) is 0 Å². The number of rotatable bonds is 2. The minimum atomic E-state index is 0. The van der Waals surface area contributed by atoms with Crippen molar-refractivity contribution < 1.29 is 20.1 Å². The fourth-order valence-electron chi connectivity index (χ4n) is 5.26. The van der Waals surface area contributed by atoms with Gasteiger partial charge < -0.3 is 9.97 Å². The molecule has 0 aliphatic carbocycles. The van der Waals surface area contributed by atoms with Crippen LogP contribution in [-0.2, 0) is 36.4 Å². The first-order valence-electron chi connectivity index (χ1n) is 15.5. The zero-order chi connectivity index (χ0) is 31.7. The van der Waals surface area contributed by atoms with Gasteiger partial charge in [-0.3, -0.25) is 0 Å². The summed E-state index contributed by atoms with van der Waals surface area (Å²) in [6, 6.07) is 38.7. The van der Waals surface area contributed by atoms with Crippen LogP contribution in [0.25, 0.3) is 44.1 Å². The number of aromatic nitrogens is 2. The van der Waals surface area contributed by atoms with Gasteiger partial charge in [0.15, 0.2) is 0 Å². The normalized spacial score (nSPS) is 11.9. The molecule has 1 radical (unpaired) electrons. The van der Waals surface area contributed by atoms with E-state index in [0.29, 0.717) is 0 Å². The van der Waals surface area contributed by atoms with Crippen LogP contribution < -0.4 is 0 Å². The minimum absolute atomic E-state index is 0. The smallest absolute Gasteiger partial charge is 0.0163 e. The van der Waals surface area contributed by atoms with E-state index in [1.54, 1.807) is 0 Å². The second-order valence-corrected chi connectivity index (χ2v) is 14.7. The van der Waals surface area contributed by atoms with E-state index in [9.17, 15) is 0 Å². The Morgan fingerprint density at radius 2 is 1.00 bits per heavy atom.